The molecule has 17 heavy (non-hydrogen) atoms. The summed E-state index contributed by atoms with van der Waals surface area (Å²) in [6, 6.07) is 6.72. The van der Waals surface area contributed by atoms with Gasteiger partial charge in [0.25, 0.3) is 0 Å². The van der Waals surface area contributed by atoms with Crippen LogP contribution in [0.3, 0.4) is 0 Å². The van der Waals surface area contributed by atoms with E-state index in [1.165, 1.54) is 7.11 Å². The van der Waals surface area contributed by atoms with Crippen LogP contribution in [0.25, 0.3) is 0 Å². The van der Waals surface area contributed by atoms with E-state index in [0.29, 0.717) is 5.56 Å². The van der Waals surface area contributed by atoms with Crippen molar-refractivity contribution in [1.29, 1.82) is 0 Å². The van der Waals surface area contributed by atoms with Crippen LogP contribution in [0.4, 0.5) is 4.79 Å². The van der Waals surface area contributed by atoms with Crippen molar-refractivity contribution in [3.05, 3.63) is 35.4 Å². The topological polar surface area (TPSA) is 64.6 Å². The molecule has 0 unspecified atom stereocenters. The van der Waals surface area contributed by atoms with Crippen LogP contribution in [0.2, 0.25) is 0 Å². The lowest BCUT2D eigenvalue weighted by molar-refractivity contribution is 0.0600. The Morgan fingerprint density at radius 2 is 2.29 bits per heavy atom. The zero-order chi connectivity index (χ0) is 11.5. The second-order valence-corrected chi connectivity index (χ2v) is 3.41. The van der Waals surface area contributed by atoms with Crippen LogP contribution in [-0.4, -0.2) is 25.8 Å². The van der Waals surface area contributed by atoms with Gasteiger partial charge in [0, 0.05) is 0 Å². The minimum Gasteiger partial charge on any atom is -0.465 e. The molecule has 1 aromatic carbocycles. The molecule has 1 saturated heterocycles. The molecule has 1 heterocycles. The molecule has 1 aliphatic heterocycles. The normalized spacial score (nSPS) is 17.7. The third-order valence-corrected chi connectivity index (χ3v) is 2.38. The Bertz CT molecular complexity index is 435. The summed E-state index contributed by atoms with van der Waals surface area (Å²) in [7, 11) is 1.33. The van der Waals surface area contributed by atoms with Gasteiger partial charge in [0.1, 0.15) is 6.61 Å². The number of carbonyl (C=O) groups is 2. The van der Waals surface area contributed by atoms with Crippen molar-refractivity contribution < 1.29 is 19.1 Å². The summed E-state index contributed by atoms with van der Waals surface area (Å²) in [6.07, 6.45) is -0.437. The first-order chi connectivity index (χ1) is 7.70. The predicted molar refractivity (Wildman–Crippen MR) is 62.3 cm³/mol. The van der Waals surface area contributed by atoms with Gasteiger partial charge < -0.3 is 14.8 Å². The number of rotatable bonds is 2. The van der Waals surface area contributed by atoms with Crippen LogP contribution in [0.15, 0.2) is 24.3 Å². The minimum absolute atomic E-state index is 0. The van der Waals surface area contributed by atoms with Gasteiger partial charge in [-0.25, -0.2) is 9.59 Å². The van der Waals surface area contributed by atoms with Crippen LogP contribution in [0.5, 0.6) is 0 Å². The van der Waals surface area contributed by atoms with E-state index in [-0.39, 0.29) is 25.1 Å². The van der Waals surface area contributed by atoms with Crippen molar-refractivity contribution >= 4 is 24.5 Å². The number of hydrogen-bond donors (Lipinski definition) is 1. The van der Waals surface area contributed by atoms with Gasteiger partial charge in [-0.15, -0.1) is 12.4 Å². The highest BCUT2D eigenvalue weighted by Gasteiger charge is 2.24. The maximum Gasteiger partial charge on any atom is 0.407 e. The predicted octanol–water partition coefficient (Wildman–Crippen LogP) is 1.68. The molecule has 1 N–H and O–H groups in total. The number of benzene rings is 1. The van der Waals surface area contributed by atoms with E-state index in [1.807, 2.05) is 6.07 Å². The van der Waals surface area contributed by atoms with Gasteiger partial charge in [-0.1, -0.05) is 12.1 Å². The Labute approximate surface area is 105 Å². The lowest BCUT2D eigenvalue weighted by Crippen LogP contribution is -2.18. The lowest BCUT2D eigenvalue weighted by Gasteiger charge is -2.08. The maximum atomic E-state index is 11.3. The second kappa shape index (κ2) is 5.54. The van der Waals surface area contributed by atoms with Crippen LogP contribution in [0, 0.1) is 0 Å². The molecular weight excluding hydrogens is 246 g/mol. The summed E-state index contributed by atoms with van der Waals surface area (Å²) < 4.78 is 9.40. The molecule has 0 aromatic heterocycles. The first-order valence-corrected chi connectivity index (χ1v) is 4.82. The Morgan fingerprint density at radius 3 is 2.88 bits per heavy atom. The summed E-state index contributed by atoms with van der Waals surface area (Å²) >= 11 is 0. The van der Waals surface area contributed by atoms with Crippen molar-refractivity contribution in [1.82, 2.24) is 5.32 Å². The average Bonchev–Trinajstić information content (AvgIpc) is 2.75. The number of ether oxygens (including phenoxy) is 2. The molecule has 0 bridgehead atoms. The van der Waals surface area contributed by atoms with Crippen molar-refractivity contribution in [2.45, 2.75) is 6.04 Å². The van der Waals surface area contributed by atoms with E-state index < -0.39 is 12.1 Å². The first-order valence-electron chi connectivity index (χ1n) is 4.82. The Balaban J connectivity index is 0.00000144. The number of cyclic esters (lactones) is 1. The highest BCUT2D eigenvalue weighted by atomic mass is 35.5. The molecule has 5 nitrogen and oxygen atoms in total. The van der Waals surface area contributed by atoms with E-state index in [4.69, 9.17) is 4.74 Å². The molecule has 92 valence electrons. The summed E-state index contributed by atoms with van der Waals surface area (Å²) in [4.78, 5) is 22.2. The maximum absolute atomic E-state index is 11.3. The number of methoxy groups -OCH3 is 1. The highest BCUT2D eigenvalue weighted by molar-refractivity contribution is 5.89. The van der Waals surface area contributed by atoms with Crippen LogP contribution in [-0.2, 0) is 9.47 Å². The van der Waals surface area contributed by atoms with Crippen LogP contribution in [0.1, 0.15) is 22.0 Å². The Hall–Kier alpha value is -1.75. The number of nitrogens with one attached hydrogen (secondary N) is 1. The molecule has 1 aliphatic rings. The third-order valence-electron chi connectivity index (χ3n) is 2.38. The van der Waals surface area contributed by atoms with E-state index in [1.54, 1.807) is 18.2 Å². The van der Waals surface area contributed by atoms with Crippen molar-refractivity contribution in [2.75, 3.05) is 13.7 Å². The van der Waals surface area contributed by atoms with Crippen LogP contribution < -0.4 is 5.32 Å². The molecule has 1 amide bonds. The number of halogens is 1. The van der Waals surface area contributed by atoms with Crippen LogP contribution >= 0.6 is 12.4 Å². The van der Waals surface area contributed by atoms with E-state index in [9.17, 15) is 9.59 Å². The van der Waals surface area contributed by atoms with Gasteiger partial charge in [0.05, 0.1) is 18.7 Å². The quantitative estimate of drug-likeness (QED) is 0.819. The molecule has 0 spiro atoms. The molecule has 6 heteroatoms. The van der Waals surface area contributed by atoms with Gasteiger partial charge >= 0.3 is 12.1 Å². The van der Waals surface area contributed by atoms with Gasteiger partial charge in [-0.2, -0.15) is 0 Å². The summed E-state index contributed by atoms with van der Waals surface area (Å²) in [5.74, 6) is -0.396. The molecule has 0 saturated carbocycles. The average molecular weight is 258 g/mol. The fraction of sp³-hybridized carbons (Fsp3) is 0.273. The summed E-state index contributed by atoms with van der Waals surface area (Å²) in [6.45, 7) is 0.281. The van der Waals surface area contributed by atoms with Gasteiger partial charge in [-0.05, 0) is 17.7 Å². The fourth-order valence-electron chi connectivity index (χ4n) is 1.56. The highest BCUT2D eigenvalue weighted by Crippen LogP contribution is 2.19. The van der Waals surface area contributed by atoms with Gasteiger partial charge in [0.15, 0.2) is 0 Å². The number of carbonyl (C=O) groups excluding carboxylic acids is 2. The standard InChI is InChI=1S/C11H11NO4.ClH/c1-15-10(13)8-4-2-3-7(5-8)9-6-16-11(14)12-9;/h2-5,9H,6H2,1H3,(H,12,14);1H/t9-;/m0./s1. The molecule has 0 aliphatic carbocycles. The van der Waals surface area contributed by atoms with Crippen molar-refractivity contribution in [3.63, 3.8) is 0 Å². The number of hydrogen-bond acceptors (Lipinski definition) is 4. The van der Waals surface area contributed by atoms with Crippen molar-refractivity contribution in [2.24, 2.45) is 0 Å². The monoisotopic (exact) mass is 257 g/mol. The number of amides is 1. The number of esters is 1. The first kappa shape index (κ1) is 13.3. The molecule has 2 rings (SSSR count). The molecule has 1 fully saturated rings. The van der Waals surface area contributed by atoms with E-state index in [2.05, 4.69) is 10.1 Å². The zero-order valence-electron chi connectivity index (χ0n) is 9.14. The molecule has 1 atom stereocenters. The zero-order valence-corrected chi connectivity index (χ0v) is 9.95. The lowest BCUT2D eigenvalue weighted by atomic mass is 10.1. The third kappa shape index (κ3) is 2.88. The fourth-order valence-corrected chi connectivity index (χ4v) is 1.56. The summed E-state index contributed by atoms with van der Waals surface area (Å²) in [5, 5.41) is 2.64. The van der Waals surface area contributed by atoms with Gasteiger partial charge in [-0.3, -0.25) is 0 Å². The molecular formula is C11H12ClNO4. The van der Waals surface area contributed by atoms with E-state index >= 15 is 0 Å². The molecule has 1 aromatic rings. The Morgan fingerprint density at radius 1 is 1.53 bits per heavy atom. The smallest absolute Gasteiger partial charge is 0.407 e. The second-order valence-electron chi connectivity index (χ2n) is 3.41. The number of alkyl carbamates (subject to hydrolysis) is 1. The summed E-state index contributed by atoms with van der Waals surface area (Å²) in [5.41, 5.74) is 1.29. The van der Waals surface area contributed by atoms with E-state index in [0.717, 1.165) is 5.56 Å². The Kier molecular flexibility index (Phi) is 4.34. The minimum atomic E-state index is -0.437. The molecule has 0 radical (unpaired) electrons. The SMILES string of the molecule is COC(=O)c1cccc([C@@H]2COC(=O)N2)c1.Cl. The van der Waals surface area contributed by atoms with Gasteiger partial charge in [0.2, 0.25) is 0 Å². The van der Waals surface area contributed by atoms with Crippen molar-refractivity contribution in [3.8, 4) is 0 Å². The largest absolute Gasteiger partial charge is 0.465 e.